The van der Waals surface area contributed by atoms with Gasteiger partial charge < -0.3 is 14.4 Å². The number of amides is 1. The monoisotopic (exact) mass is 422 g/mol. The topological polar surface area (TPSA) is 77.4 Å². The van der Waals surface area contributed by atoms with Crippen molar-refractivity contribution in [2.45, 2.75) is 39.0 Å². The summed E-state index contributed by atoms with van der Waals surface area (Å²) in [4.78, 5) is 25.6. The highest BCUT2D eigenvalue weighted by Crippen LogP contribution is 2.32. The molecular weight excluding hydrogens is 401 g/mol. The highest BCUT2D eigenvalue weighted by molar-refractivity contribution is 5.73. The third kappa shape index (κ3) is 5.46. The Morgan fingerprint density at radius 1 is 1.10 bits per heavy atom. The second-order valence-electron chi connectivity index (χ2n) is 7.59. The van der Waals surface area contributed by atoms with Gasteiger partial charge in [-0.15, -0.1) is 0 Å². The molecule has 30 heavy (non-hydrogen) atoms. The second-order valence-corrected chi connectivity index (χ2v) is 7.59. The maximum atomic E-state index is 12.7. The molecule has 0 saturated carbocycles. The summed E-state index contributed by atoms with van der Waals surface area (Å²) >= 11 is 0. The fourth-order valence-electron chi connectivity index (χ4n) is 2.72. The zero-order valence-corrected chi connectivity index (χ0v) is 16.7. The molecule has 0 bridgehead atoms. The number of nitrogens with zero attached hydrogens (tertiary/aromatic N) is 4. The van der Waals surface area contributed by atoms with Gasteiger partial charge in [-0.2, -0.15) is 13.2 Å². The fourth-order valence-corrected chi connectivity index (χ4v) is 2.72. The average molecular weight is 422 g/mol. The van der Waals surface area contributed by atoms with Crippen LogP contribution in [0.25, 0.3) is 5.57 Å². The van der Waals surface area contributed by atoms with Crippen LogP contribution in [0.5, 0.6) is 11.6 Å². The molecule has 0 radical (unpaired) electrons. The molecule has 3 rings (SSSR count). The lowest BCUT2D eigenvalue weighted by Crippen LogP contribution is -2.39. The maximum absolute atomic E-state index is 12.7. The Morgan fingerprint density at radius 2 is 1.83 bits per heavy atom. The van der Waals surface area contributed by atoms with E-state index in [2.05, 4.69) is 15.0 Å². The number of rotatable bonds is 3. The summed E-state index contributed by atoms with van der Waals surface area (Å²) in [6.45, 7) is 6.17. The molecule has 7 nitrogen and oxygen atoms in total. The lowest BCUT2D eigenvalue weighted by atomic mass is 10.1. The van der Waals surface area contributed by atoms with E-state index in [0.717, 1.165) is 17.8 Å². The van der Waals surface area contributed by atoms with Gasteiger partial charge in [-0.25, -0.2) is 19.7 Å². The zero-order chi connectivity index (χ0) is 21.9. The van der Waals surface area contributed by atoms with Crippen LogP contribution < -0.4 is 4.74 Å². The molecule has 2 aromatic heterocycles. The molecule has 0 N–H and O–H groups in total. The number of carbonyl (C=O) groups excluding carboxylic acids is 1. The molecule has 160 valence electrons. The van der Waals surface area contributed by atoms with E-state index in [0.29, 0.717) is 25.2 Å². The van der Waals surface area contributed by atoms with Crippen LogP contribution in [0.1, 0.15) is 38.6 Å². The lowest BCUT2D eigenvalue weighted by molar-refractivity contribution is -0.141. The molecule has 1 aliphatic rings. The van der Waals surface area contributed by atoms with E-state index < -0.39 is 23.6 Å². The van der Waals surface area contributed by atoms with Crippen molar-refractivity contribution in [3.05, 3.63) is 48.2 Å². The van der Waals surface area contributed by atoms with Gasteiger partial charge in [0.15, 0.2) is 0 Å². The summed E-state index contributed by atoms with van der Waals surface area (Å²) in [5.74, 6) is 0.257. The average Bonchev–Trinajstić information content (AvgIpc) is 2.67. The molecule has 1 amide bonds. The summed E-state index contributed by atoms with van der Waals surface area (Å²) in [5, 5.41) is 0. The van der Waals surface area contributed by atoms with Gasteiger partial charge in [-0.1, -0.05) is 6.08 Å². The summed E-state index contributed by atoms with van der Waals surface area (Å²) in [5.41, 5.74) is -0.312. The fraction of sp³-hybridized carbons (Fsp3) is 0.400. The lowest BCUT2D eigenvalue weighted by Gasteiger charge is -2.29. The first-order valence-electron chi connectivity index (χ1n) is 9.22. The number of pyridine rings is 1. The number of hydrogen-bond donors (Lipinski definition) is 0. The first-order chi connectivity index (χ1) is 14.0. The SMILES string of the molecule is CC(C)(C)OC(=O)N1CC=C(c2nccnc2Oc2ccc(C(F)(F)F)nc2)CC1. The van der Waals surface area contributed by atoms with Gasteiger partial charge in [0.25, 0.3) is 0 Å². The quantitative estimate of drug-likeness (QED) is 0.713. The minimum absolute atomic E-state index is 0.108. The number of carbonyl (C=O) groups is 1. The smallest absolute Gasteiger partial charge is 0.433 e. The molecule has 0 aromatic carbocycles. The normalized spacial score (nSPS) is 14.9. The molecule has 2 aromatic rings. The van der Waals surface area contributed by atoms with Crippen molar-refractivity contribution in [2.24, 2.45) is 0 Å². The highest BCUT2D eigenvalue weighted by atomic mass is 19.4. The molecule has 0 fully saturated rings. The van der Waals surface area contributed by atoms with Crippen molar-refractivity contribution in [1.29, 1.82) is 0 Å². The summed E-state index contributed by atoms with van der Waals surface area (Å²) in [6.07, 6.45) is 1.31. The zero-order valence-electron chi connectivity index (χ0n) is 16.7. The van der Waals surface area contributed by atoms with Crippen LogP contribution >= 0.6 is 0 Å². The van der Waals surface area contributed by atoms with Crippen LogP contribution in [0.15, 0.2) is 36.8 Å². The molecule has 0 saturated heterocycles. The third-order valence-corrected chi connectivity index (χ3v) is 4.07. The van der Waals surface area contributed by atoms with Crippen molar-refractivity contribution < 1.29 is 27.4 Å². The standard InChI is InChI=1S/C20H21F3N4O3/c1-19(2,3)30-18(28)27-10-6-13(7-11-27)16-17(25-9-8-24-16)29-14-4-5-15(26-12-14)20(21,22)23/h4-6,8-9,12H,7,10-11H2,1-3H3. The maximum Gasteiger partial charge on any atom is 0.433 e. The Hall–Kier alpha value is -3.17. The second kappa shape index (κ2) is 8.29. The van der Waals surface area contributed by atoms with Gasteiger partial charge in [0.05, 0.1) is 6.20 Å². The summed E-state index contributed by atoms with van der Waals surface area (Å²) in [7, 11) is 0. The third-order valence-electron chi connectivity index (χ3n) is 4.07. The first-order valence-corrected chi connectivity index (χ1v) is 9.22. The minimum Gasteiger partial charge on any atom is -0.444 e. The Kier molecular flexibility index (Phi) is 5.95. The van der Waals surface area contributed by atoms with Crippen LogP contribution in [0.3, 0.4) is 0 Å². The number of alkyl halides is 3. The largest absolute Gasteiger partial charge is 0.444 e. The van der Waals surface area contributed by atoms with E-state index in [9.17, 15) is 18.0 Å². The van der Waals surface area contributed by atoms with Crippen LogP contribution in [-0.2, 0) is 10.9 Å². The van der Waals surface area contributed by atoms with E-state index in [-0.39, 0.29) is 11.6 Å². The number of halogens is 3. The van der Waals surface area contributed by atoms with Crippen molar-refractivity contribution in [3.63, 3.8) is 0 Å². The predicted molar refractivity (Wildman–Crippen MR) is 102 cm³/mol. The van der Waals surface area contributed by atoms with E-state index in [4.69, 9.17) is 9.47 Å². The van der Waals surface area contributed by atoms with Crippen LogP contribution in [-0.4, -0.2) is 44.6 Å². The van der Waals surface area contributed by atoms with E-state index >= 15 is 0 Å². The van der Waals surface area contributed by atoms with Gasteiger partial charge in [-0.3, -0.25) is 0 Å². The van der Waals surface area contributed by atoms with Crippen molar-refractivity contribution >= 4 is 11.7 Å². The van der Waals surface area contributed by atoms with Crippen molar-refractivity contribution in [3.8, 4) is 11.6 Å². The van der Waals surface area contributed by atoms with E-state index in [1.807, 2.05) is 6.08 Å². The Bertz CT molecular complexity index is 938. The summed E-state index contributed by atoms with van der Waals surface area (Å²) in [6, 6.07) is 2.01. The molecule has 0 spiro atoms. The first kappa shape index (κ1) is 21.5. The van der Waals surface area contributed by atoms with Crippen molar-refractivity contribution in [1.82, 2.24) is 19.9 Å². The number of hydrogen-bond acceptors (Lipinski definition) is 6. The molecule has 1 aliphatic heterocycles. The van der Waals surface area contributed by atoms with Gasteiger partial charge in [0, 0.05) is 25.5 Å². The molecule has 0 aliphatic carbocycles. The Labute approximate surface area is 171 Å². The number of aromatic nitrogens is 3. The molecule has 0 unspecified atom stereocenters. The summed E-state index contributed by atoms with van der Waals surface area (Å²) < 4.78 is 49.0. The van der Waals surface area contributed by atoms with E-state index in [1.54, 1.807) is 25.7 Å². The van der Waals surface area contributed by atoms with Gasteiger partial charge in [0.1, 0.15) is 22.7 Å². The molecule has 10 heteroatoms. The van der Waals surface area contributed by atoms with Gasteiger partial charge in [0.2, 0.25) is 5.88 Å². The van der Waals surface area contributed by atoms with Crippen molar-refractivity contribution in [2.75, 3.05) is 13.1 Å². The van der Waals surface area contributed by atoms with E-state index in [1.165, 1.54) is 18.5 Å². The highest BCUT2D eigenvalue weighted by Gasteiger charge is 2.32. The van der Waals surface area contributed by atoms with Gasteiger partial charge in [-0.05, 0) is 44.9 Å². The molecular formula is C20H21F3N4O3. The number of ether oxygens (including phenoxy) is 2. The van der Waals surface area contributed by atoms with Gasteiger partial charge >= 0.3 is 12.3 Å². The Balaban J connectivity index is 1.74. The van der Waals surface area contributed by atoms with Crippen LogP contribution in [0.2, 0.25) is 0 Å². The minimum atomic E-state index is -4.52. The molecule has 3 heterocycles. The van der Waals surface area contributed by atoms with Crippen LogP contribution in [0.4, 0.5) is 18.0 Å². The Morgan fingerprint density at radius 3 is 2.40 bits per heavy atom. The predicted octanol–water partition coefficient (Wildman–Crippen LogP) is 4.71. The van der Waals surface area contributed by atoms with Crippen LogP contribution in [0, 0.1) is 0 Å². The molecule has 0 atom stereocenters.